The number of ether oxygens (including phenoxy) is 1. The lowest BCUT2D eigenvalue weighted by molar-refractivity contribution is -0.129. The molecule has 28 heavy (non-hydrogen) atoms. The van der Waals surface area contributed by atoms with E-state index >= 15 is 0 Å². The van der Waals surface area contributed by atoms with Crippen molar-refractivity contribution in [3.8, 4) is 5.75 Å². The second-order valence-electron chi connectivity index (χ2n) is 6.60. The maximum atomic E-state index is 12.2. The summed E-state index contributed by atoms with van der Waals surface area (Å²) in [5.74, 6) is 0.392. The van der Waals surface area contributed by atoms with Crippen molar-refractivity contribution in [1.29, 1.82) is 0 Å². The molecule has 6 nitrogen and oxygen atoms in total. The van der Waals surface area contributed by atoms with E-state index in [-0.39, 0.29) is 29.4 Å². The molecule has 8 heteroatoms. The van der Waals surface area contributed by atoms with Crippen LogP contribution in [0.15, 0.2) is 41.3 Å². The number of sulfone groups is 1. The summed E-state index contributed by atoms with van der Waals surface area (Å²) < 4.78 is 28.7. The van der Waals surface area contributed by atoms with Gasteiger partial charge in [0.15, 0.2) is 15.6 Å². The maximum absolute atomic E-state index is 12.2. The van der Waals surface area contributed by atoms with Crippen molar-refractivity contribution in [2.75, 3.05) is 26.5 Å². The van der Waals surface area contributed by atoms with Gasteiger partial charge in [0.2, 0.25) is 5.91 Å². The predicted molar refractivity (Wildman–Crippen MR) is 110 cm³/mol. The number of hydrogen-bond donors (Lipinski definition) is 0. The molecule has 152 valence electrons. The Labute approximate surface area is 170 Å². The van der Waals surface area contributed by atoms with Gasteiger partial charge in [-0.3, -0.25) is 9.59 Å². The molecule has 0 aliphatic rings. The van der Waals surface area contributed by atoms with Gasteiger partial charge in [-0.05, 0) is 43.7 Å². The third kappa shape index (κ3) is 6.76. The van der Waals surface area contributed by atoms with Crippen molar-refractivity contribution < 1.29 is 22.7 Å². The highest BCUT2D eigenvalue weighted by molar-refractivity contribution is 7.90. The van der Waals surface area contributed by atoms with Crippen LogP contribution in [0.5, 0.6) is 5.75 Å². The second kappa shape index (κ2) is 9.84. The van der Waals surface area contributed by atoms with E-state index in [9.17, 15) is 18.0 Å². The monoisotopic (exact) mass is 423 g/mol. The van der Waals surface area contributed by atoms with Gasteiger partial charge in [0.1, 0.15) is 5.75 Å². The van der Waals surface area contributed by atoms with Gasteiger partial charge in [0, 0.05) is 37.6 Å². The van der Waals surface area contributed by atoms with Crippen LogP contribution in [0.25, 0.3) is 0 Å². The van der Waals surface area contributed by atoms with Crippen molar-refractivity contribution in [2.45, 2.75) is 31.1 Å². The Bertz CT molecular complexity index is 934. The van der Waals surface area contributed by atoms with Gasteiger partial charge in [-0.2, -0.15) is 0 Å². The van der Waals surface area contributed by atoms with Crippen molar-refractivity contribution in [3.05, 3.63) is 46.2 Å². The van der Waals surface area contributed by atoms with E-state index in [4.69, 9.17) is 4.74 Å². The Morgan fingerprint density at radius 3 is 2.54 bits per heavy atom. The van der Waals surface area contributed by atoms with Crippen molar-refractivity contribution in [1.82, 2.24) is 4.90 Å². The summed E-state index contributed by atoms with van der Waals surface area (Å²) in [4.78, 5) is 27.8. The highest BCUT2D eigenvalue weighted by Crippen LogP contribution is 2.18. The van der Waals surface area contributed by atoms with Gasteiger partial charge < -0.3 is 9.64 Å². The highest BCUT2D eigenvalue weighted by atomic mass is 32.2. The van der Waals surface area contributed by atoms with Crippen LogP contribution in [0, 0.1) is 6.92 Å². The molecule has 2 aromatic rings. The van der Waals surface area contributed by atoms with Crippen LogP contribution in [-0.4, -0.2) is 51.5 Å². The molecule has 0 fully saturated rings. The molecule has 1 heterocycles. The summed E-state index contributed by atoms with van der Waals surface area (Å²) in [5.41, 5.74) is 0. The smallest absolute Gasteiger partial charge is 0.222 e. The molecule has 0 aliphatic heterocycles. The van der Waals surface area contributed by atoms with Gasteiger partial charge in [0.25, 0.3) is 0 Å². The summed E-state index contributed by atoms with van der Waals surface area (Å²) in [6.07, 6.45) is 2.14. The first-order chi connectivity index (χ1) is 13.2. The van der Waals surface area contributed by atoms with Gasteiger partial charge in [-0.1, -0.05) is 6.07 Å². The Balaban J connectivity index is 1.71. The number of benzene rings is 1. The summed E-state index contributed by atoms with van der Waals surface area (Å²) in [6.45, 7) is 2.80. The molecular weight excluding hydrogens is 398 g/mol. The molecule has 0 saturated heterocycles. The maximum Gasteiger partial charge on any atom is 0.222 e. The number of amides is 1. The molecule has 1 aromatic carbocycles. The Morgan fingerprint density at radius 1 is 1.14 bits per heavy atom. The number of ketones is 1. The molecule has 0 saturated carbocycles. The summed E-state index contributed by atoms with van der Waals surface area (Å²) in [5, 5.41) is 0. The molecule has 1 aromatic heterocycles. The summed E-state index contributed by atoms with van der Waals surface area (Å²) in [7, 11) is -1.57. The number of carbonyl (C=O) groups is 2. The average Bonchev–Trinajstić information content (AvgIpc) is 3.09. The van der Waals surface area contributed by atoms with Gasteiger partial charge >= 0.3 is 0 Å². The number of thiophene rings is 1. The van der Waals surface area contributed by atoms with E-state index in [1.807, 2.05) is 13.0 Å². The molecule has 0 aliphatic carbocycles. The Morgan fingerprint density at radius 2 is 1.89 bits per heavy atom. The van der Waals surface area contributed by atoms with E-state index in [0.717, 1.165) is 11.1 Å². The molecule has 0 N–H and O–H groups in total. The van der Waals surface area contributed by atoms with Crippen LogP contribution in [0.1, 0.15) is 33.8 Å². The fraction of sp³-hybridized carbons (Fsp3) is 0.400. The van der Waals surface area contributed by atoms with Crippen LogP contribution < -0.4 is 4.74 Å². The van der Waals surface area contributed by atoms with Crippen LogP contribution in [0.3, 0.4) is 0 Å². The van der Waals surface area contributed by atoms with Crippen molar-refractivity contribution >= 4 is 32.9 Å². The third-order valence-electron chi connectivity index (χ3n) is 4.15. The molecule has 0 unspecified atom stereocenters. The third-order valence-corrected chi connectivity index (χ3v) is 6.30. The van der Waals surface area contributed by atoms with E-state index in [1.165, 1.54) is 23.5 Å². The first-order valence-corrected chi connectivity index (χ1v) is 11.6. The van der Waals surface area contributed by atoms with Crippen LogP contribution >= 0.6 is 11.3 Å². The lowest BCUT2D eigenvalue weighted by Gasteiger charge is -2.17. The zero-order valence-electron chi connectivity index (χ0n) is 16.3. The molecule has 0 bridgehead atoms. The zero-order valence-corrected chi connectivity index (χ0v) is 17.9. The number of nitrogens with zero attached hydrogens (tertiary/aromatic N) is 1. The number of rotatable bonds is 10. The molecule has 1 amide bonds. The lowest BCUT2D eigenvalue weighted by atomic mass is 10.2. The normalized spacial score (nSPS) is 11.2. The molecule has 0 radical (unpaired) electrons. The second-order valence-corrected chi connectivity index (χ2v) is 9.90. The molecular formula is C20H25NO5S2. The number of Topliss-reactive ketones (excluding diaryl/α,β-unsaturated/α-hetero) is 1. The topological polar surface area (TPSA) is 80.8 Å². The van der Waals surface area contributed by atoms with Gasteiger partial charge in [0.05, 0.1) is 16.4 Å². The Hall–Kier alpha value is -2.19. The fourth-order valence-corrected chi connectivity index (χ4v) is 4.02. The van der Waals surface area contributed by atoms with E-state index < -0.39 is 9.84 Å². The summed E-state index contributed by atoms with van der Waals surface area (Å²) in [6, 6.07) is 10.0. The molecule has 0 spiro atoms. The van der Waals surface area contributed by atoms with Crippen LogP contribution in [0.4, 0.5) is 0 Å². The van der Waals surface area contributed by atoms with E-state index in [2.05, 4.69) is 0 Å². The quantitative estimate of drug-likeness (QED) is 0.432. The predicted octanol–water partition coefficient (Wildman–Crippen LogP) is 3.35. The SMILES string of the molecule is Cc1ccc(C(=O)CCC(=O)N(C)CCCOc2cccc(S(C)(=O)=O)c2)s1. The van der Waals surface area contributed by atoms with Crippen molar-refractivity contribution in [3.63, 3.8) is 0 Å². The average molecular weight is 424 g/mol. The first kappa shape index (κ1) is 22.1. The number of hydrogen-bond acceptors (Lipinski definition) is 6. The summed E-state index contributed by atoms with van der Waals surface area (Å²) >= 11 is 1.44. The highest BCUT2D eigenvalue weighted by Gasteiger charge is 2.14. The van der Waals surface area contributed by atoms with E-state index in [1.54, 1.807) is 30.1 Å². The fourth-order valence-electron chi connectivity index (χ4n) is 2.53. The molecule has 2 rings (SSSR count). The lowest BCUT2D eigenvalue weighted by Crippen LogP contribution is -2.28. The Kier molecular flexibility index (Phi) is 7.77. The largest absolute Gasteiger partial charge is 0.493 e. The van der Waals surface area contributed by atoms with Gasteiger partial charge in [-0.15, -0.1) is 11.3 Å². The minimum absolute atomic E-state index is 0.00561. The molecule has 0 atom stereocenters. The van der Waals surface area contributed by atoms with E-state index in [0.29, 0.717) is 30.2 Å². The number of aryl methyl sites for hydroxylation is 1. The van der Waals surface area contributed by atoms with Crippen LogP contribution in [-0.2, 0) is 14.6 Å². The minimum Gasteiger partial charge on any atom is -0.493 e. The first-order valence-electron chi connectivity index (χ1n) is 8.93. The van der Waals surface area contributed by atoms with Crippen LogP contribution in [0.2, 0.25) is 0 Å². The number of carbonyl (C=O) groups excluding carboxylic acids is 2. The van der Waals surface area contributed by atoms with Crippen molar-refractivity contribution in [2.24, 2.45) is 0 Å². The zero-order chi connectivity index (χ0) is 20.7. The minimum atomic E-state index is -3.27. The van der Waals surface area contributed by atoms with Gasteiger partial charge in [-0.25, -0.2) is 8.42 Å². The standard InChI is InChI=1S/C20H25NO5S2/c1-15-8-10-19(27-15)18(22)9-11-20(23)21(2)12-5-13-26-16-6-4-7-17(14-16)28(3,24)25/h4,6-8,10,14H,5,9,11-13H2,1-3H3.